The van der Waals surface area contributed by atoms with Gasteiger partial charge in [0, 0.05) is 13.1 Å². The zero-order valence-corrected chi connectivity index (χ0v) is 14.8. The number of nitrogens with one attached hydrogen (secondary N) is 1. The first-order chi connectivity index (χ1) is 11.9. The highest BCUT2D eigenvalue weighted by atomic mass is 35.5. The summed E-state index contributed by atoms with van der Waals surface area (Å²) in [4.78, 5) is 25.3. The molecule has 25 heavy (non-hydrogen) atoms. The van der Waals surface area contributed by atoms with Crippen LogP contribution in [0.2, 0.25) is 10.0 Å². The molecule has 0 aliphatic heterocycles. The molecular formula is C18H15Cl2FN2O2. The molecule has 0 aliphatic rings. The first-order valence-corrected chi connectivity index (χ1v) is 8.05. The van der Waals surface area contributed by atoms with Crippen molar-refractivity contribution in [2.45, 2.75) is 0 Å². The molecule has 0 aromatic heterocycles. The highest BCUT2D eigenvalue weighted by Gasteiger charge is 2.13. The summed E-state index contributed by atoms with van der Waals surface area (Å²) in [7, 11) is 1.49. The van der Waals surface area contributed by atoms with Gasteiger partial charge in [0.05, 0.1) is 22.3 Å². The van der Waals surface area contributed by atoms with Crippen molar-refractivity contribution in [3.8, 4) is 0 Å². The van der Waals surface area contributed by atoms with Crippen LogP contribution in [0.15, 0.2) is 48.5 Å². The molecule has 1 N–H and O–H groups in total. The molecule has 2 rings (SSSR count). The summed E-state index contributed by atoms with van der Waals surface area (Å²) < 4.78 is 12.8. The number of nitrogens with zero attached hydrogens (tertiary/aromatic N) is 1. The Morgan fingerprint density at radius 3 is 2.32 bits per heavy atom. The second kappa shape index (κ2) is 8.65. The summed E-state index contributed by atoms with van der Waals surface area (Å²) in [6, 6.07) is 10.6. The number of likely N-dealkylation sites (N-methyl/N-ethyl adjacent to an activating group) is 1. The molecular weight excluding hydrogens is 366 g/mol. The van der Waals surface area contributed by atoms with Gasteiger partial charge >= 0.3 is 0 Å². The fourth-order valence-electron chi connectivity index (χ4n) is 1.96. The number of hydrogen-bond acceptors (Lipinski definition) is 2. The zero-order chi connectivity index (χ0) is 18.4. The number of anilines is 1. The van der Waals surface area contributed by atoms with Gasteiger partial charge in [-0.2, -0.15) is 0 Å². The van der Waals surface area contributed by atoms with Crippen molar-refractivity contribution in [3.63, 3.8) is 0 Å². The van der Waals surface area contributed by atoms with Crippen LogP contribution in [0.25, 0.3) is 6.08 Å². The normalized spacial score (nSPS) is 10.7. The molecule has 0 atom stereocenters. The van der Waals surface area contributed by atoms with Crippen LogP contribution in [-0.2, 0) is 9.59 Å². The van der Waals surface area contributed by atoms with Gasteiger partial charge in [0.1, 0.15) is 5.82 Å². The van der Waals surface area contributed by atoms with E-state index in [1.807, 2.05) is 0 Å². The molecule has 0 aliphatic carbocycles. The molecule has 2 aromatic carbocycles. The summed E-state index contributed by atoms with van der Waals surface area (Å²) in [5.41, 5.74) is 0.981. The summed E-state index contributed by atoms with van der Waals surface area (Å²) in [5.74, 6) is -1.15. The molecule has 0 saturated heterocycles. The topological polar surface area (TPSA) is 49.4 Å². The SMILES string of the molecule is CN(CC(=O)Nc1c(Cl)cccc1Cl)C(=O)C=Cc1ccc(F)cc1. The Morgan fingerprint density at radius 2 is 1.72 bits per heavy atom. The van der Waals surface area contributed by atoms with Gasteiger partial charge in [-0.3, -0.25) is 9.59 Å². The van der Waals surface area contributed by atoms with Crippen LogP contribution in [0.3, 0.4) is 0 Å². The van der Waals surface area contributed by atoms with Crippen molar-refractivity contribution in [3.05, 3.63) is 70.0 Å². The second-order valence-corrected chi connectivity index (χ2v) is 6.04. The van der Waals surface area contributed by atoms with Crippen LogP contribution < -0.4 is 5.32 Å². The molecule has 2 aromatic rings. The number of para-hydroxylation sites is 1. The van der Waals surface area contributed by atoms with E-state index < -0.39 is 5.91 Å². The summed E-state index contributed by atoms with van der Waals surface area (Å²) >= 11 is 12.0. The molecule has 0 fully saturated rings. The van der Waals surface area contributed by atoms with E-state index in [9.17, 15) is 14.0 Å². The van der Waals surface area contributed by atoms with Crippen LogP contribution in [-0.4, -0.2) is 30.3 Å². The molecule has 4 nitrogen and oxygen atoms in total. The maximum atomic E-state index is 12.8. The Bertz CT molecular complexity index is 787. The summed E-state index contributed by atoms with van der Waals surface area (Å²) in [6.07, 6.45) is 2.85. The molecule has 7 heteroatoms. The van der Waals surface area contributed by atoms with E-state index in [0.29, 0.717) is 21.3 Å². The molecule has 0 unspecified atom stereocenters. The maximum Gasteiger partial charge on any atom is 0.246 e. The fourth-order valence-corrected chi connectivity index (χ4v) is 2.45. The molecule has 130 valence electrons. The number of halogens is 3. The van der Waals surface area contributed by atoms with Crippen LogP contribution >= 0.6 is 23.2 Å². The predicted octanol–water partition coefficient (Wildman–Crippen LogP) is 4.24. The monoisotopic (exact) mass is 380 g/mol. The van der Waals surface area contributed by atoms with Crippen LogP contribution in [0.4, 0.5) is 10.1 Å². The largest absolute Gasteiger partial charge is 0.333 e. The highest BCUT2D eigenvalue weighted by Crippen LogP contribution is 2.29. The fraction of sp³-hybridized carbons (Fsp3) is 0.111. The van der Waals surface area contributed by atoms with E-state index in [1.165, 1.54) is 30.2 Å². The van der Waals surface area contributed by atoms with Gasteiger partial charge in [-0.25, -0.2) is 4.39 Å². The van der Waals surface area contributed by atoms with Gasteiger partial charge in [-0.1, -0.05) is 41.4 Å². The number of benzene rings is 2. The minimum atomic E-state index is -0.430. The van der Waals surface area contributed by atoms with Crippen molar-refractivity contribution in [1.82, 2.24) is 4.90 Å². The lowest BCUT2D eigenvalue weighted by Crippen LogP contribution is -2.34. The third-order valence-electron chi connectivity index (χ3n) is 3.27. The molecule has 0 heterocycles. The third kappa shape index (κ3) is 5.59. The Balaban J connectivity index is 1.94. The van der Waals surface area contributed by atoms with E-state index in [2.05, 4.69) is 5.32 Å². The van der Waals surface area contributed by atoms with Gasteiger partial charge in [-0.15, -0.1) is 0 Å². The van der Waals surface area contributed by atoms with Gasteiger partial charge in [0.2, 0.25) is 11.8 Å². The van der Waals surface area contributed by atoms with Crippen LogP contribution in [0, 0.1) is 5.82 Å². The van der Waals surface area contributed by atoms with Crippen LogP contribution in [0.5, 0.6) is 0 Å². The minimum absolute atomic E-state index is 0.172. The number of carbonyl (C=O) groups excluding carboxylic acids is 2. The van der Waals surface area contributed by atoms with Crippen molar-refractivity contribution in [2.24, 2.45) is 0 Å². The average molecular weight is 381 g/mol. The first kappa shape index (κ1) is 19.0. The smallest absolute Gasteiger partial charge is 0.246 e. The van der Waals surface area contributed by atoms with E-state index in [0.717, 1.165) is 0 Å². The molecule has 0 radical (unpaired) electrons. The zero-order valence-electron chi connectivity index (χ0n) is 13.3. The lowest BCUT2D eigenvalue weighted by atomic mass is 10.2. The molecule has 2 amide bonds. The standard InChI is InChI=1S/C18H15Cl2FN2O2/c1-23(17(25)10-7-12-5-8-13(21)9-6-12)11-16(24)22-18-14(19)3-2-4-15(18)20/h2-10H,11H2,1H3,(H,22,24). The van der Waals surface area contributed by atoms with Gasteiger partial charge in [0.15, 0.2) is 0 Å². The lowest BCUT2D eigenvalue weighted by Gasteiger charge is -2.15. The van der Waals surface area contributed by atoms with Crippen molar-refractivity contribution >= 4 is 46.8 Å². The van der Waals surface area contributed by atoms with Crippen molar-refractivity contribution in [1.29, 1.82) is 0 Å². The molecule has 0 bridgehead atoms. The number of amides is 2. The average Bonchev–Trinajstić information content (AvgIpc) is 2.57. The maximum absolute atomic E-state index is 12.8. The Labute approximate surface area is 154 Å². The molecule has 0 saturated carbocycles. The van der Waals surface area contributed by atoms with Crippen LogP contribution in [0.1, 0.15) is 5.56 Å². The summed E-state index contributed by atoms with van der Waals surface area (Å²) in [5, 5.41) is 3.20. The number of hydrogen-bond donors (Lipinski definition) is 1. The number of carbonyl (C=O) groups is 2. The third-order valence-corrected chi connectivity index (χ3v) is 3.90. The van der Waals surface area contributed by atoms with E-state index in [1.54, 1.807) is 36.4 Å². The van der Waals surface area contributed by atoms with E-state index in [-0.39, 0.29) is 18.3 Å². The van der Waals surface area contributed by atoms with Gasteiger partial charge in [-0.05, 0) is 35.9 Å². The van der Waals surface area contributed by atoms with Crippen molar-refractivity contribution < 1.29 is 14.0 Å². The van der Waals surface area contributed by atoms with E-state index >= 15 is 0 Å². The van der Waals surface area contributed by atoms with Gasteiger partial charge in [0.25, 0.3) is 0 Å². The second-order valence-electron chi connectivity index (χ2n) is 5.22. The number of rotatable bonds is 5. The quantitative estimate of drug-likeness (QED) is 0.788. The van der Waals surface area contributed by atoms with E-state index in [4.69, 9.17) is 23.2 Å². The van der Waals surface area contributed by atoms with Gasteiger partial charge < -0.3 is 10.2 Å². The first-order valence-electron chi connectivity index (χ1n) is 7.29. The summed E-state index contributed by atoms with van der Waals surface area (Å²) in [6.45, 7) is -0.172. The Morgan fingerprint density at radius 1 is 1.12 bits per heavy atom. The Kier molecular flexibility index (Phi) is 6.56. The minimum Gasteiger partial charge on any atom is -0.333 e. The molecule has 0 spiro atoms. The Hall–Kier alpha value is -2.37. The highest BCUT2D eigenvalue weighted by molar-refractivity contribution is 6.39. The van der Waals surface area contributed by atoms with Crippen molar-refractivity contribution in [2.75, 3.05) is 18.9 Å². The predicted molar refractivity (Wildman–Crippen MR) is 98.2 cm³/mol. The lowest BCUT2D eigenvalue weighted by molar-refractivity contribution is -0.129.